The van der Waals surface area contributed by atoms with E-state index < -0.39 is 24.2 Å². The number of nitrogens with one attached hydrogen (secondary N) is 2. The van der Waals surface area contributed by atoms with Crippen molar-refractivity contribution in [3.8, 4) is 11.5 Å². The highest BCUT2D eigenvalue weighted by atomic mass is 32.1. The average molecular weight is 383 g/mol. The number of rotatable bonds is 3. The summed E-state index contributed by atoms with van der Waals surface area (Å²) in [4.78, 5) is 29.2. The molecule has 10 heteroatoms. The second-order valence-electron chi connectivity index (χ2n) is 5.66. The molecule has 2 aromatic rings. The average Bonchev–Trinajstić information content (AvgIpc) is 3.03. The molecule has 7 nitrogen and oxygen atoms in total. The highest BCUT2D eigenvalue weighted by Gasteiger charge is 2.43. The number of carbonyl (C=O) groups is 2. The number of carbonyl (C=O) groups excluding carboxylic acids is 2. The van der Waals surface area contributed by atoms with Gasteiger partial charge >= 0.3 is 18.1 Å². The zero-order valence-corrected chi connectivity index (χ0v) is 14.9. The van der Waals surface area contributed by atoms with Crippen LogP contribution >= 0.6 is 11.3 Å². The monoisotopic (exact) mass is 383 g/mol. The van der Waals surface area contributed by atoms with Gasteiger partial charge in [-0.1, -0.05) is 0 Å². The Balaban J connectivity index is 1.63. The molecule has 0 fully saturated rings. The van der Waals surface area contributed by atoms with Crippen molar-refractivity contribution in [2.24, 2.45) is 0 Å². The summed E-state index contributed by atoms with van der Waals surface area (Å²) in [6, 6.07) is 3.31. The maximum absolute atomic E-state index is 13.0. The molecule has 1 aliphatic heterocycles. The minimum absolute atomic E-state index is 0.127. The molecule has 1 aromatic heterocycles. The van der Waals surface area contributed by atoms with E-state index in [0.717, 1.165) is 21.6 Å². The third-order valence-electron chi connectivity index (χ3n) is 3.55. The SMILES string of the molecule is Cc1nc(C)c(C(C)NC(=O)C(=O)Nc2ccc3c(c2)OC(F)(F)O3)s1. The van der Waals surface area contributed by atoms with Gasteiger partial charge in [0, 0.05) is 16.6 Å². The number of aryl methyl sites for hydroxylation is 2. The van der Waals surface area contributed by atoms with Crippen LogP contribution in [0.4, 0.5) is 14.5 Å². The Hall–Kier alpha value is -2.75. The Kier molecular flexibility index (Phi) is 4.53. The fourth-order valence-corrected chi connectivity index (χ4v) is 3.42. The van der Waals surface area contributed by atoms with Crippen molar-refractivity contribution in [1.82, 2.24) is 10.3 Å². The number of nitrogens with zero attached hydrogens (tertiary/aromatic N) is 1. The summed E-state index contributed by atoms with van der Waals surface area (Å²) in [5, 5.41) is 5.77. The van der Waals surface area contributed by atoms with Crippen molar-refractivity contribution < 1.29 is 27.8 Å². The van der Waals surface area contributed by atoms with Gasteiger partial charge in [-0.2, -0.15) is 0 Å². The number of hydrogen-bond acceptors (Lipinski definition) is 6. The first kappa shape index (κ1) is 18.1. The Bertz CT molecular complexity index is 884. The van der Waals surface area contributed by atoms with Crippen molar-refractivity contribution >= 4 is 28.8 Å². The molecule has 2 N–H and O–H groups in total. The molecule has 138 valence electrons. The summed E-state index contributed by atoms with van der Waals surface area (Å²) in [5.41, 5.74) is 0.917. The Morgan fingerprint density at radius 1 is 1.19 bits per heavy atom. The van der Waals surface area contributed by atoms with Crippen LogP contribution in [0.3, 0.4) is 0 Å². The lowest BCUT2D eigenvalue weighted by molar-refractivity contribution is -0.286. The van der Waals surface area contributed by atoms with Gasteiger partial charge in [0.1, 0.15) is 0 Å². The minimum Gasteiger partial charge on any atom is -0.395 e. The van der Waals surface area contributed by atoms with Crippen molar-refractivity contribution in [3.63, 3.8) is 0 Å². The van der Waals surface area contributed by atoms with E-state index in [1.54, 1.807) is 6.92 Å². The lowest BCUT2D eigenvalue weighted by Crippen LogP contribution is -2.36. The molecule has 3 rings (SSSR count). The van der Waals surface area contributed by atoms with Gasteiger partial charge in [0.15, 0.2) is 11.5 Å². The van der Waals surface area contributed by atoms with Crippen molar-refractivity contribution in [1.29, 1.82) is 0 Å². The third-order valence-corrected chi connectivity index (χ3v) is 4.80. The van der Waals surface area contributed by atoms with Crippen LogP contribution in [0.25, 0.3) is 0 Å². The van der Waals surface area contributed by atoms with Crippen LogP contribution in [0, 0.1) is 13.8 Å². The van der Waals surface area contributed by atoms with Crippen molar-refractivity contribution in [2.45, 2.75) is 33.1 Å². The van der Waals surface area contributed by atoms with Gasteiger partial charge in [-0.15, -0.1) is 20.1 Å². The number of benzene rings is 1. The minimum atomic E-state index is -3.75. The molecule has 2 heterocycles. The van der Waals surface area contributed by atoms with Crippen LogP contribution in [-0.4, -0.2) is 23.1 Å². The summed E-state index contributed by atoms with van der Waals surface area (Å²) in [6.07, 6.45) is -3.75. The zero-order valence-electron chi connectivity index (χ0n) is 14.1. The molecule has 0 saturated carbocycles. The lowest BCUT2D eigenvalue weighted by atomic mass is 10.2. The second-order valence-corrected chi connectivity index (χ2v) is 6.90. The number of hydrogen-bond donors (Lipinski definition) is 2. The molecule has 1 aliphatic rings. The standard InChI is InChI=1S/C16H15F2N3O4S/c1-7-13(26-9(3)19-7)8(2)20-14(22)15(23)21-10-4-5-11-12(6-10)25-16(17,18)24-11/h4-6,8H,1-3H3,(H,20,22)(H,21,23). The number of fused-ring (bicyclic) bond motifs is 1. The topological polar surface area (TPSA) is 89.6 Å². The molecule has 1 atom stereocenters. The highest BCUT2D eigenvalue weighted by Crippen LogP contribution is 2.42. The molecule has 1 unspecified atom stereocenters. The molecule has 0 saturated heterocycles. The normalized spacial score (nSPS) is 15.4. The van der Waals surface area contributed by atoms with E-state index in [-0.39, 0.29) is 17.2 Å². The number of ether oxygens (including phenoxy) is 2. The first-order valence-electron chi connectivity index (χ1n) is 7.60. The number of anilines is 1. The van der Waals surface area contributed by atoms with E-state index in [4.69, 9.17) is 0 Å². The van der Waals surface area contributed by atoms with Gasteiger partial charge in [-0.05, 0) is 32.9 Å². The Labute approximate surface area is 151 Å². The van der Waals surface area contributed by atoms with Crippen LogP contribution in [0.1, 0.15) is 28.5 Å². The number of thiazole rings is 1. The molecule has 1 aromatic carbocycles. The second kappa shape index (κ2) is 6.52. The first-order valence-corrected chi connectivity index (χ1v) is 8.42. The summed E-state index contributed by atoms with van der Waals surface area (Å²) >= 11 is 1.43. The number of aromatic nitrogens is 1. The van der Waals surface area contributed by atoms with Crippen molar-refractivity contribution in [2.75, 3.05) is 5.32 Å². The smallest absolute Gasteiger partial charge is 0.395 e. The van der Waals surface area contributed by atoms with Gasteiger partial charge in [0.2, 0.25) is 0 Å². The van der Waals surface area contributed by atoms with E-state index >= 15 is 0 Å². The summed E-state index contributed by atoms with van der Waals surface area (Å²) in [6.45, 7) is 5.42. The fraction of sp³-hybridized carbons (Fsp3) is 0.312. The molecule has 26 heavy (non-hydrogen) atoms. The molecule has 0 bridgehead atoms. The molecule has 0 radical (unpaired) electrons. The van der Waals surface area contributed by atoms with Crippen LogP contribution in [-0.2, 0) is 9.59 Å². The molecule has 0 spiro atoms. The predicted molar refractivity (Wildman–Crippen MR) is 89.4 cm³/mol. The lowest BCUT2D eigenvalue weighted by Gasteiger charge is -2.13. The summed E-state index contributed by atoms with van der Waals surface area (Å²) < 4.78 is 34.6. The van der Waals surface area contributed by atoms with E-state index in [1.165, 1.54) is 23.5 Å². The molecular weight excluding hydrogens is 368 g/mol. The maximum atomic E-state index is 13.0. The van der Waals surface area contributed by atoms with E-state index in [1.807, 2.05) is 13.8 Å². The van der Waals surface area contributed by atoms with Crippen LogP contribution < -0.4 is 20.1 Å². The molecular formula is C16H15F2N3O4S. The van der Waals surface area contributed by atoms with Gasteiger partial charge < -0.3 is 20.1 Å². The van der Waals surface area contributed by atoms with Gasteiger partial charge in [0.05, 0.1) is 16.7 Å². The number of halogens is 2. The zero-order chi connectivity index (χ0) is 19.1. The largest absolute Gasteiger partial charge is 0.586 e. The molecule has 0 aliphatic carbocycles. The summed E-state index contributed by atoms with van der Waals surface area (Å²) in [7, 11) is 0. The summed E-state index contributed by atoms with van der Waals surface area (Å²) in [5.74, 6) is -2.16. The predicted octanol–water partition coefficient (Wildman–Crippen LogP) is 2.90. The Morgan fingerprint density at radius 3 is 2.54 bits per heavy atom. The van der Waals surface area contributed by atoms with E-state index in [9.17, 15) is 18.4 Å². The van der Waals surface area contributed by atoms with Crippen LogP contribution in [0.2, 0.25) is 0 Å². The fourth-order valence-electron chi connectivity index (χ4n) is 2.49. The maximum Gasteiger partial charge on any atom is 0.586 e. The Morgan fingerprint density at radius 2 is 1.88 bits per heavy atom. The number of alkyl halides is 2. The van der Waals surface area contributed by atoms with Gasteiger partial charge in [-0.25, -0.2) is 4.98 Å². The first-order chi connectivity index (χ1) is 12.1. The highest BCUT2D eigenvalue weighted by molar-refractivity contribution is 7.11. The van der Waals surface area contributed by atoms with Gasteiger partial charge in [-0.3, -0.25) is 9.59 Å². The van der Waals surface area contributed by atoms with Gasteiger partial charge in [0.25, 0.3) is 0 Å². The van der Waals surface area contributed by atoms with Crippen molar-refractivity contribution in [3.05, 3.63) is 33.8 Å². The third kappa shape index (κ3) is 3.74. The number of amides is 2. The van der Waals surface area contributed by atoms with Crippen LogP contribution in [0.15, 0.2) is 18.2 Å². The van der Waals surface area contributed by atoms with E-state index in [0.29, 0.717) is 0 Å². The van der Waals surface area contributed by atoms with Crippen LogP contribution in [0.5, 0.6) is 11.5 Å². The molecule has 2 amide bonds. The van der Waals surface area contributed by atoms with E-state index in [2.05, 4.69) is 25.1 Å². The quantitative estimate of drug-likeness (QED) is 0.796.